The molecule has 4 aliphatic rings. The Morgan fingerprint density at radius 2 is 1.85 bits per heavy atom. The molecule has 3 saturated heterocycles. The predicted molar refractivity (Wildman–Crippen MR) is 160 cm³/mol. The fraction of sp³-hybridized carbons (Fsp3) is 0.455. The van der Waals surface area contributed by atoms with Crippen molar-refractivity contribution in [2.24, 2.45) is 0 Å². The predicted octanol–water partition coefficient (Wildman–Crippen LogP) is 4.08. The number of ether oxygens (including phenoxy) is 3. The first-order chi connectivity index (χ1) is 22.6. The van der Waals surface area contributed by atoms with Gasteiger partial charge < -0.3 is 19.1 Å². The van der Waals surface area contributed by atoms with Gasteiger partial charge in [0.1, 0.15) is 23.6 Å². The lowest BCUT2D eigenvalue weighted by molar-refractivity contribution is -0.275. The van der Waals surface area contributed by atoms with Crippen LogP contribution < -0.4 is 14.8 Å². The molecule has 1 N–H and O–H groups in total. The maximum absolute atomic E-state index is 13.1. The number of carbonyl (C=O) groups excluding carboxylic acids is 3. The first-order valence-electron chi connectivity index (χ1n) is 15.8. The molecule has 47 heavy (non-hydrogen) atoms. The molecule has 2 atom stereocenters. The van der Waals surface area contributed by atoms with Gasteiger partial charge in [-0.1, -0.05) is 0 Å². The van der Waals surface area contributed by atoms with Crippen molar-refractivity contribution in [2.75, 3.05) is 26.3 Å². The third-order valence-corrected chi connectivity index (χ3v) is 9.21. The number of carbonyl (C=O) groups is 3. The van der Waals surface area contributed by atoms with E-state index >= 15 is 0 Å². The normalized spacial score (nSPS) is 22.4. The summed E-state index contributed by atoms with van der Waals surface area (Å²) in [6.07, 6.45) is 1.35. The second-order valence-corrected chi connectivity index (χ2v) is 12.4. The van der Waals surface area contributed by atoms with Gasteiger partial charge in [-0.05, 0) is 79.1 Å². The Hall–Kier alpha value is -4.43. The number of fused-ring (bicyclic) bond motifs is 1. The molecule has 7 rings (SSSR count). The van der Waals surface area contributed by atoms with Crippen molar-refractivity contribution in [3.63, 3.8) is 0 Å². The summed E-state index contributed by atoms with van der Waals surface area (Å²) in [4.78, 5) is 40.7. The number of alkyl halides is 3. The molecule has 4 aliphatic heterocycles. The Morgan fingerprint density at radius 3 is 2.64 bits per heavy atom. The van der Waals surface area contributed by atoms with Gasteiger partial charge in [0.25, 0.3) is 5.91 Å². The summed E-state index contributed by atoms with van der Waals surface area (Å²) in [6.45, 7) is 3.37. The summed E-state index contributed by atoms with van der Waals surface area (Å²) < 4.78 is 57.1. The number of amides is 3. The summed E-state index contributed by atoms with van der Waals surface area (Å²) in [6, 6.07) is 9.36. The van der Waals surface area contributed by atoms with Crippen LogP contribution in [0.4, 0.5) is 13.2 Å². The first kappa shape index (κ1) is 31.2. The van der Waals surface area contributed by atoms with Crippen molar-refractivity contribution >= 4 is 17.7 Å². The van der Waals surface area contributed by atoms with Crippen LogP contribution in [0.5, 0.6) is 11.5 Å². The second-order valence-electron chi connectivity index (χ2n) is 12.4. The SMILES string of the molecule is O=C1CCC(N2Cc3cc(O[C@H]4CCN(Cc5cnn(-c6ccc(OC(F)(F)F)c(C7CCOCC7)c6)c5)C4)ccc3C2=O)C(=O)N1. The average molecular weight is 654 g/mol. The fourth-order valence-electron chi connectivity index (χ4n) is 6.92. The molecule has 2 aromatic carbocycles. The number of rotatable bonds is 8. The van der Waals surface area contributed by atoms with Crippen LogP contribution in [0.2, 0.25) is 0 Å². The van der Waals surface area contributed by atoms with E-state index in [9.17, 15) is 27.6 Å². The zero-order chi connectivity index (χ0) is 32.7. The number of likely N-dealkylation sites (tertiary alicyclic amines) is 1. The smallest absolute Gasteiger partial charge is 0.489 e. The summed E-state index contributed by atoms with van der Waals surface area (Å²) in [5.41, 5.74) is 3.44. The molecule has 0 radical (unpaired) electrons. The minimum atomic E-state index is -4.78. The quantitative estimate of drug-likeness (QED) is 0.362. The number of halogens is 3. The molecule has 3 fully saturated rings. The third kappa shape index (κ3) is 6.84. The number of nitrogens with zero attached hydrogens (tertiary/aromatic N) is 4. The number of imide groups is 1. The van der Waals surface area contributed by atoms with Gasteiger partial charge in [-0.25, -0.2) is 4.68 Å². The van der Waals surface area contributed by atoms with Crippen molar-refractivity contribution in [1.29, 1.82) is 0 Å². The van der Waals surface area contributed by atoms with Gasteiger partial charge in [-0.2, -0.15) is 5.10 Å². The molecule has 1 unspecified atom stereocenters. The van der Waals surface area contributed by atoms with Crippen molar-refractivity contribution in [3.8, 4) is 17.2 Å². The van der Waals surface area contributed by atoms with Crippen LogP contribution in [-0.4, -0.2) is 82.1 Å². The number of hydrogen-bond donors (Lipinski definition) is 1. The van der Waals surface area contributed by atoms with E-state index in [0.717, 1.165) is 24.1 Å². The Labute approximate surface area is 268 Å². The van der Waals surface area contributed by atoms with Crippen LogP contribution in [0.1, 0.15) is 65.1 Å². The summed E-state index contributed by atoms with van der Waals surface area (Å²) in [7, 11) is 0. The lowest BCUT2D eigenvalue weighted by Gasteiger charge is -2.29. The van der Waals surface area contributed by atoms with E-state index < -0.39 is 18.3 Å². The van der Waals surface area contributed by atoms with E-state index in [4.69, 9.17) is 9.47 Å². The van der Waals surface area contributed by atoms with Crippen LogP contribution >= 0.6 is 0 Å². The van der Waals surface area contributed by atoms with E-state index in [2.05, 4.69) is 20.1 Å². The lowest BCUT2D eigenvalue weighted by Crippen LogP contribution is -2.52. The summed E-state index contributed by atoms with van der Waals surface area (Å²) in [5, 5.41) is 6.81. The molecule has 3 aromatic rings. The van der Waals surface area contributed by atoms with Gasteiger partial charge in [-0.15, -0.1) is 13.2 Å². The highest BCUT2D eigenvalue weighted by Gasteiger charge is 2.39. The molecule has 0 saturated carbocycles. The molecular formula is C33H34F3N5O6. The van der Waals surface area contributed by atoms with Gasteiger partial charge in [0.2, 0.25) is 11.8 Å². The zero-order valence-corrected chi connectivity index (χ0v) is 25.5. The summed E-state index contributed by atoms with van der Waals surface area (Å²) in [5.74, 6) is -0.626. The van der Waals surface area contributed by atoms with Crippen molar-refractivity contribution in [2.45, 2.75) is 69.6 Å². The van der Waals surface area contributed by atoms with Crippen molar-refractivity contribution in [3.05, 3.63) is 71.0 Å². The van der Waals surface area contributed by atoms with Crippen LogP contribution in [0.25, 0.3) is 5.69 Å². The van der Waals surface area contributed by atoms with Crippen LogP contribution in [0, 0.1) is 0 Å². The van der Waals surface area contributed by atoms with Gasteiger partial charge >= 0.3 is 6.36 Å². The molecule has 5 heterocycles. The highest BCUT2D eigenvalue weighted by Crippen LogP contribution is 2.38. The zero-order valence-electron chi connectivity index (χ0n) is 25.5. The fourth-order valence-corrected chi connectivity index (χ4v) is 6.92. The average Bonchev–Trinajstić information content (AvgIpc) is 3.77. The highest BCUT2D eigenvalue weighted by atomic mass is 19.4. The largest absolute Gasteiger partial charge is 0.573 e. The molecule has 0 spiro atoms. The minimum Gasteiger partial charge on any atom is -0.489 e. The van der Waals surface area contributed by atoms with Crippen molar-refractivity contribution < 1.29 is 41.8 Å². The van der Waals surface area contributed by atoms with Gasteiger partial charge in [0, 0.05) is 63.1 Å². The molecule has 248 valence electrons. The van der Waals surface area contributed by atoms with Crippen LogP contribution in [0.3, 0.4) is 0 Å². The maximum atomic E-state index is 13.1. The Kier molecular flexibility index (Phi) is 8.39. The Bertz CT molecular complexity index is 1690. The topological polar surface area (TPSA) is 115 Å². The van der Waals surface area contributed by atoms with E-state index in [-0.39, 0.29) is 42.6 Å². The Morgan fingerprint density at radius 1 is 1.02 bits per heavy atom. The third-order valence-electron chi connectivity index (χ3n) is 9.21. The molecule has 14 heteroatoms. The lowest BCUT2D eigenvalue weighted by atomic mass is 9.90. The molecule has 11 nitrogen and oxygen atoms in total. The van der Waals surface area contributed by atoms with Crippen LogP contribution in [0.15, 0.2) is 48.8 Å². The van der Waals surface area contributed by atoms with E-state index in [1.807, 2.05) is 12.3 Å². The maximum Gasteiger partial charge on any atom is 0.573 e. The van der Waals surface area contributed by atoms with E-state index in [1.54, 1.807) is 35.1 Å². The molecule has 1 aromatic heterocycles. The summed E-state index contributed by atoms with van der Waals surface area (Å²) >= 11 is 0. The number of aromatic nitrogens is 2. The number of nitrogens with one attached hydrogen (secondary N) is 1. The highest BCUT2D eigenvalue weighted by molar-refractivity contribution is 6.05. The van der Waals surface area contributed by atoms with Gasteiger partial charge in [-0.3, -0.25) is 24.6 Å². The number of piperidine rings is 1. The molecule has 0 bridgehead atoms. The molecular weight excluding hydrogens is 619 g/mol. The second kappa shape index (κ2) is 12.6. The standard InChI is InChI=1S/C33H34F3N5O6/c34-33(35,36)47-29-5-1-23(14-27(29)21-8-11-45-12-9-21)41-17-20(15-37-41)16-39-10-7-25(19-39)46-24-2-3-26-22(13-24)18-40(32(26)44)28-4-6-30(42)38-31(28)43/h1-3,5,13-15,17,21,25,28H,4,6-12,16,18-19H2,(H,38,42,43)/t25-,28?/m0/s1. The van der Waals surface area contributed by atoms with E-state index in [0.29, 0.717) is 68.1 Å². The van der Waals surface area contributed by atoms with Gasteiger partial charge in [0.15, 0.2) is 0 Å². The molecule has 3 amide bonds. The minimum absolute atomic E-state index is 0.0605. The Balaban J connectivity index is 0.969. The van der Waals surface area contributed by atoms with Gasteiger partial charge in [0.05, 0.1) is 11.9 Å². The van der Waals surface area contributed by atoms with Crippen LogP contribution in [-0.2, 0) is 27.4 Å². The number of benzene rings is 2. The first-order valence-corrected chi connectivity index (χ1v) is 15.8. The number of hydrogen-bond acceptors (Lipinski definition) is 8. The molecule has 0 aliphatic carbocycles. The monoisotopic (exact) mass is 653 g/mol. The van der Waals surface area contributed by atoms with E-state index in [1.165, 1.54) is 11.0 Å². The van der Waals surface area contributed by atoms with Crippen molar-refractivity contribution in [1.82, 2.24) is 24.9 Å².